The smallest absolute Gasteiger partial charge is 0.317 e. The third kappa shape index (κ3) is 3.90. The Bertz CT molecular complexity index is 343. The summed E-state index contributed by atoms with van der Waals surface area (Å²) in [6, 6.07) is -0.247. The number of carbonyl (C=O) groups is 3. The zero-order chi connectivity index (χ0) is 13.7. The summed E-state index contributed by atoms with van der Waals surface area (Å²) in [4.78, 5) is 36.8. The predicted molar refractivity (Wildman–Crippen MR) is 64.1 cm³/mol. The number of carbonyl (C=O) groups excluding carboxylic acids is 2. The lowest BCUT2D eigenvalue weighted by molar-refractivity contribution is -0.138. The van der Waals surface area contributed by atoms with Crippen molar-refractivity contribution in [2.75, 3.05) is 26.2 Å². The van der Waals surface area contributed by atoms with Gasteiger partial charge in [-0.05, 0) is 13.8 Å². The third-order valence-electron chi connectivity index (χ3n) is 2.78. The maximum atomic E-state index is 11.7. The second-order valence-corrected chi connectivity index (χ2v) is 4.48. The quantitative estimate of drug-likeness (QED) is 0.725. The third-order valence-corrected chi connectivity index (χ3v) is 2.78. The average molecular weight is 257 g/mol. The van der Waals surface area contributed by atoms with Crippen LogP contribution in [0.25, 0.3) is 0 Å². The molecule has 7 nitrogen and oxygen atoms in total. The molecule has 1 aliphatic rings. The molecule has 2 N–H and O–H groups in total. The summed E-state index contributed by atoms with van der Waals surface area (Å²) in [5.74, 6) is -1.04. The van der Waals surface area contributed by atoms with Crippen LogP contribution in [0.5, 0.6) is 0 Å². The summed E-state index contributed by atoms with van der Waals surface area (Å²) in [6.07, 6.45) is -0.119. The van der Waals surface area contributed by atoms with E-state index in [-0.39, 0.29) is 37.5 Å². The van der Waals surface area contributed by atoms with Crippen LogP contribution in [0, 0.1) is 0 Å². The number of urea groups is 1. The number of hydrogen-bond donors (Lipinski definition) is 2. The summed E-state index contributed by atoms with van der Waals surface area (Å²) >= 11 is 0. The van der Waals surface area contributed by atoms with Crippen LogP contribution < -0.4 is 5.32 Å². The molecule has 0 aromatic rings. The van der Waals surface area contributed by atoms with Gasteiger partial charge < -0.3 is 20.2 Å². The first-order chi connectivity index (χ1) is 8.41. The fraction of sp³-hybridized carbons (Fsp3) is 0.727. The van der Waals surface area contributed by atoms with Gasteiger partial charge in [0.1, 0.15) is 6.54 Å². The number of carboxylic acid groups (broad SMARTS) is 1. The van der Waals surface area contributed by atoms with Crippen LogP contribution in [0.4, 0.5) is 4.79 Å². The number of hydrogen-bond acceptors (Lipinski definition) is 3. The molecule has 0 bridgehead atoms. The molecule has 1 saturated heterocycles. The molecular formula is C11H19N3O4. The molecule has 102 valence electrons. The van der Waals surface area contributed by atoms with E-state index in [1.54, 1.807) is 4.90 Å². The van der Waals surface area contributed by atoms with Gasteiger partial charge in [0, 0.05) is 25.7 Å². The maximum absolute atomic E-state index is 11.7. The highest BCUT2D eigenvalue weighted by molar-refractivity contribution is 5.85. The SMILES string of the molecule is CC(C)N1CCN(C(=O)NCCC(=O)O)CC1=O. The van der Waals surface area contributed by atoms with Gasteiger partial charge in [-0.15, -0.1) is 0 Å². The van der Waals surface area contributed by atoms with E-state index in [0.717, 1.165) is 0 Å². The molecule has 18 heavy (non-hydrogen) atoms. The Morgan fingerprint density at radius 3 is 2.56 bits per heavy atom. The van der Waals surface area contributed by atoms with Crippen LogP contribution in [0.2, 0.25) is 0 Å². The first-order valence-electron chi connectivity index (χ1n) is 5.96. The molecule has 0 radical (unpaired) electrons. The second kappa shape index (κ2) is 6.23. The highest BCUT2D eigenvalue weighted by Gasteiger charge is 2.28. The molecule has 1 rings (SSSR count). The molecule has 1 heterocycles. The molecule has 0 aromatic heterocycles. The Kier molecular flexibility index (Phi) is 4.94. The van der Waals surface area contributed by atoms with Gasteiger partial charge in [-0.25, -0.2) is 4.79 Å². The topological polar surface area (TPSA) is 89.9 Å². The number of aliphatic carboxylic acids is 1. The van der Waals surface area contributed by atoms with Gasteiger partial charge in [0.05, 0.1) is 6.42 Å². The lowest BCUT2D eigenvalue weighted by atomic mass is 10.2. The minimum atomic E-state index is -0.962. The fourth-order valence-corrected chi connectivity index (χ4v) is 1.79. The van der Waals surface area contributed by atoms with E-state index in [1.165, 1.54) is 4.90 Å². The standard InChI is InChI=1S/C11H19N3O4/c1-8(2)14-6-5-13(7-9(14)15)11(18)12-4-3-10(16)17/h8H,3-7H2,1-2H3,(H,12,18)(H,16,17). The second-order valence-electron chi connectivity index (χ2n) is 4.48. The molecule has 0 aliphatic carbocycles. The van der Waals surface area contributed by atoms with Crippen LogP contribution in [0.3, 0.4) is 0 Å². The molecule has 7 heteroatoms. The Labute approximate surface area is 106 Å². The molecule has 0 aromatic carbocycles. The van der Waals surface area contributed by atoms with Gasteiger partial charge in [0.25, 0.3) is 0 Å². The van der Waals surface area contributed by atoms with Crippen molar-refractivity contribution in [3.63, 3.8) is 0 Å². The number of carboxylic acids is 1. The molecule has 0 spiro atoms. The van der Waals surface area contributed by atoms with Gasteiger partial charge in [-0.2, -0.15) is 0 Å². The van der Waals surface area contributed by atoms with E-state index in [4.69, 9.17) is 5.11 Å². The molecule has 3 amide bonds. The number of amides is 3. The van der Waals surface area contributed by atoms with Gasteiger partial charge >= 0.3 is 12.0 Å². The van der Waals surface area contributed by atoms with E-state index in [0.29, 0.717) is 13.1 Å². The summed E-state index contributed by atoms with van der Waals surface area (Å²) in [5, 5.41) is 10.9. The van der Waals surface area contributed by atoms with Crippen molar-refractivity contribution in [3.05, 3.63) is 0 Å². The van der Waals surface area contributed by atoms with Crippen molar-refractivity contribution in [1.82, 2.24) is 15.1 Å². The van der Waals surface area contributed by atoms with Crippen LogP contribution in [-0.4, -0.2) is 65.0 Å². The summed E-state index contributed by atoms with van der Waals surface area (Å²) in [5.41, 5.74) is 0. The number of piperazine rings is 1. The number of nitrogens with one attached hydrogen (secondary N) is 1. The fourth-order valence-electron chi connectivity index (χ4n) is 1.79. The Balaban J connectivity index is 2.38. The van der Waals surface area contributed by atoms with E-state index in [1.807, 2.05) is 13.8 Å². The zero-order valence-electron chi connectivity index (χ0n) is 10.7. The minimum absolute atomic E-state index is 0.0527. The van der Waals surface area contributed by atoms with Crippen LogP contribution in [0.15, 0.2) is 0 Å². The van der Waals surface area contributed by atoms with Crippen molar-refractivity contribution in [3.8, 4) is 0 Å². The highest BCUT2D eigenvalue weighted by Crippen LogP contribution is 2.07. The lowest BCUT2D eigenvalue weighted by Gasteiger charge is -2.36. The van der Waals surface area contributed by atoms with Crippen molar-refractivity contribution >= 4 is 17.9 Å². The molecule has 1 aliphatic heterocycles. The Morgan fingerprint density at radius 2 is 2.06 bits per heavy atom. The van der Waals surface area contributed by atoms with Crippen LogP contribution >= 0.6 is 0 Å². The largest absolute Gasteiger partial charge is 0.481 e. The monoisotopic (exact) mass is 257 g/mol. The first kappa shape index (κ1) is 14.3. The molecule has 0 unspecified atom stereocenters. The van der Waals surface area contributed by atoms with Crippen LogP contribution in [0.1, 0.15) is 20.3 Å². The highest BCUT2D eigenvalue weighted by atomic mass is 16.4. The molecule has 0 atom stereocenters. The average Bonchev–Trinajstić information content (AvgIpc) is 2.27. The first-order valence-corrected chi connectivity index (χ1v) is 5.96. The van der Waals surface area contributed by atoms with Gasteiger partial charge in [-0.1, -0.05) is 0 Å². The van der Waals surface area contributed by atoms with E-state index in [9.17, 15) is 14.4 Å². The zero-order valence-corrected chi connectivity index (χ0v) is 10.7. The summed E-state index contributed by atoms with van der Waals surface area (Å²) in [7, 11) is 0. The number of rotatable bonds is 4. The molecule has 0 saturated carbocycles. The van der Waals surface area contributed by atoms with Gasteiger partial charge in [-0.3, -0.25) is 9.59 Å². The Morgan fingerprint density at radius 1 is 1.39 bits per heavy atom. The molecule has 1 fully saturated rings. The minimum Gasteiger partial charge on any atom is -0.481 e. The van der Waals surface area contributed by atoms with Crippen molar-refractivity contribution in [2.45, 2.75) is 26.3 Å². The van der Waals surface area contributed by atoms with Crippen LogP contribution in [-0.2, 0) is 9.59 Å². The maximum Gasteiger partial charge on any atom is 0.317 e. The lowest BCUT2D eigenvalue weighted by Crippen LogP contribution is -2.56. The summed E-state index contributed by atoms with van der Waals surface area (Å²) in [6.45, 7) is 4.98. The molecular weight excluding hydrogens is 238 g/mol. The van der Waals surface area contributed by atoms with Gasteiger partial charge in [0.2, 0.25) is 5.91 Å². The normalized spacial score (nSPS) is 16.1. The van der Waals surface area contributed by atoms with Gasteiger partial charge in [0.15, 0.2) is 0 Å². The van der Waals surface area contributed by atoms with E-state index in [2.05, 4.69) is 5.32 Å². The Hall–Kier alpha value is -1.79. The van der Waals surface area contributed by atoms with Crippen molar-refractivity contribution in [1.29, 1.82) is 0 Å². The number of nitrogens with zero attached hydrogens (tertiary/aromatic N) is 2. The predicted octanol–water partition coefficient (Wildman–Crippen LogP) is -0.277. The van der Waals surface area contributed by atoms with E-state index < -0.39 is 5.97 Å². The summed E-state index contributed by atoms with van der Waals surface area (Å²) < 4.78 is 0. The van der Waals surface area contributed by atoms with Crippen molar-refractivity contribution < 1.29 is 19.5 Å². The van der Waals surface area contributed by atoms with E-state index >= 15 is 0 Å². The van der Waals surface area contributed by atoms with Crippen molar-refractivity contribution in [2.24, 2.45) is 0 Å².